The van der Waals surface area contributed by atoms with Gasteiger partial charge in [0.1, 0.15) is 11.6 Å². The molecular weight excluding hydrogens is 346 g/mol. The topological polar surface area (TPSA) is 108 Å². The van der Waals surface area contributed by atoms with Crippen molar-refractivity contribution < 1.29 is 19.1 Å². The van der Waals surface area contributed by atoms with Gasteiger partial charge in [-0.05, 0) is 30.7 Å². The van der Waals surface area contributed by atoms with Crippen molar-refractivity contribution in [3.05, 3.63) is 71.3 Å². The van der Waals surface area contributed by atoms with E-state index in [1.165, 1.54) is 6.08 Å². The highest BCUT2D eigenvalue weighted by atomic mass is 16.5. The van der Waals surface area contributed by atoms with Crippen LogP contribution in [0.1, 0.15) is 11.1 Å². The van der Waals surface area contributed by atoms with Gasteiger partial charge in [-0.15, -0.1) is 0 Å². The Hall–Kier alpha value is -3.92. The van der Waals surface area contributed by atoms with Crippen LogP contribution in [0.3, 0.4) is 0 Å². The minimum absolute atomic E-state index is 0.250. The standard InChI is InChI=1S/C20H17N3O4/c1-14-7-9-15(10-8-14)11-16(12-21)19(25)27-13-18(24)23-20(26)22-17-5-3-2-4-6-17/h2-11H,13H2,1H3,(H2,22,23,24,26)/b16-11+. The summed E-state index contributed by atoms with van der Waals surface area (Å²) in [6.07, 6.45) is 1.36. The molecule has 2 aromatic rings. The molecule has 0 aliphatic carbocycles. The number of hydrogen-bond acceptors (Lipinski definition) is 5. The van der Waals surface area contributed by atoms with Crippen molar-refractivity contribution in [2.45, 2.75) is 6.92 Å². The van der Waals surface area contributed by atoms with Gasteiger partial charge in [0.05, 0.1) is 0 Å². The molecule has 0 unspecified atom stereocenters. The third-order valence-electron chi connectivity index (χ3n) is 3.35. The molecule has 0 aliphatic heterocycles. The lowest BCUT2D eigenvalue weighted by Crippen LogP contribution is -2.37. The number of ether oxygens (including phenoxy) is 1. The summed E-state index contributed by atoms with van der Waals surface area (Å²) in [6, 6.07) is 16.7. The number of nitrogens with one attached hydrogen (secondary N) is 2. The van der Waals surface area contributed by atoms with Crippen LogP contribution in [0, 0.1) is 18.3 Å². The van der Waals surface area contributed by atoms with E-state index >= 15 is 0 Å². The lowest BCUT2D eigenvalue weighted by atomic mass is 10.1. The Labute approximate surface area is 156 Å². The van der Waals surface area contributed by atoms with E-state index in [0.29, 0.717) is 11.3 Å². The van der Waals surface area contributed by atoms with Crippen molar-refractivity contribution >= 4 is 29.7 Å². The number of nitriles is 1. The summed E-state index contributed by atoms with van der Waals surface area (Å²) >= 11 is 0. The van der Waals surface area contributed by atoms with Crippen molar-refractivity contribution in [1.82, 2.24) is 5.32 Å². The maximum Gasteiger partial charge on any atom is 0.349 e. The smallest absolute Gasteiger partial charge is 0.349 e. The molecule has 0 radical (unpaired) electrons. The minimum Gasteiger partial charge on any atom is -0.451 e. The SMILES string of the molecule is Cc1ccc(/C=C(\C#N)C(=O)OCC(=O)NC(=O)Nc2ccccc2)cc1. The average Bonchev–Trinajstić information content (AvgIpc) is 2.66. The zero-order valence-electron chi connectivity index (χ0n) is 14.6. The first kappa shape index (κ1) is 19.4. The van der Waals surface area contributed by atoms with Gasteiger partial charge in [-0.25, -0.2) is 9.59 Å². The molecule has 7 heteroatoms. The highest BCUT2D eigenvalue weighted by molar-refractivity contribution is 6.03. The van der Waals surface area contributed by atoms with Crippen LogP contribution in [0.5, 0.6) is 0 Å². The van der Waals surface area contributed by atoms with Crippen LogP contribution in [-0.4, -0.2) is 24.5 Å². The van der Waals surface area contributed by atoms with Gasteiger partial charge in [0, 0.05) is 5.69 Å². The number of esters is 1. The maximum absolute atomic E-state index is 11.9. The highest BCUT2D eigenvalue weighted by Gasteiger charge is 2.14. The zero-order chi connectivity index (χ0) is 19.6. The zero-order valence-corrected chi connectivity index (χ0v) is 14.6. The first-order chi connectivity index (χ1) is 13.0. The van der Waals surface area contributed by atoms with E-state index in [2.05, 4.69) is 5.32 Å². The predicted molar refractivity (Wildman–Crippen MR) is 99.3 cm³/mol. The molecule has 7 nitrogen and oxygen atoms in total. The van der Waals surface area contributed by atoms with Crippen LogP contribution < -0.4 is 10.6 Å². The van der Waals surface area contributed by atoms with E-state index in [4.69, 9.17) is 10.00 Å². The van der Waals surface area contributed by atoms with Crippen molar-refractivity contribution in [3.63, 3.8) is 0 Å². The van der Waals surface area contributed by atoms with Crippen molar-refractivity contribution in [3.8, 4) is 6.07 Å². The maximum atomic E-state index is 11.9. The molecule has 0 aliphatic rings. The van der Waals surface area contributed by atoms with Crippen LogP contribution in [0.25, 0.3) is 6.08 Å². The molecule has 0 spiro atoms. The molecule has 136 valence electrons. The third kappa shape index (κ3) is 6.48. The Morgan fingerprint density at radius 1 is 1.07 bits per heavy atom. The fourth-order valence-corrected chi connectivity index (χ4v) is 2.02. The lowest BCUT2D eigenvalue weighted by Gasteiger charge is -2.07. The van der Waals surface area contributed by atoms with Gasteiger partial charge in [0.25, 0.3) is 5.91 Å². The van der Waals surface area contributed by atoms with Gasteiger partial charge >= 0.3 is 12.0 Å². The lowest BCUT2D eigenvalue weighted by molar-refractivity contribution is -0.144. The summed E-state index contributed by atoms with van der Waals surface area (Å²) in [4.78, 5) is 35.3. The largest absolute Gasteiger partial charge is 0.451 e. The second-order valence-corrected chi connectivity index (χ2v) is 5.52. The van der Waals surface area contributed by atoms with Crippen LogP contribution in [-0.2, 0) is 14.3 Å². The Kier molecular flexibility index (Phi) is 6.85. The van der Waals surface area contributed by atoms with E-state index in [9.17, 15) is 14.4 Å². The Bertz CT molecular complexity index is 897. The number of anilines is 1. The van der Waals surface area contributed by atoms with E-state index in [-0.39, 0.29) is 5.57 Å². The number of amides is 3. The molecule has 3 amide bonds. The average molecular weight is 363 g/mol. The Balaban J connectivity index is 1.86. The number of nitrogens with zero attached hydrogens (tertiary/aromatic N) is 1. The van der Waals surface area contributed by atoms with Gasteiger partial charge in [-0.2, -0.15) is 5.26 Å². The molecule has 0 atom stereocenters. The summed E-state index contributed by atoms with van der Waals surface area (Å²) in [5.41, 5.74) is 1.95. The second kappa shape index (κ2) is 9.53. The molecule has 0 saturated heterocycles. The normalized spacial score (nSPS) is 10.4. The molecule has 2 N–H and O–H groups in total. The van der Waals surface area contributed by atoms with E-state index in [1.54, 1.807) is 48.5 Å². The monoisotopic (exact) mass is 363 g/mol. The molecular formula is C20H17N3O4. The van der Waals surface area contributed by atoms with E-state index < -0.39 is 24.5 Å². The fourth-order valence-electron chi connectivity index (χ4n) is 2.02. The van der Waals surface area contributed by atoms with Gasteiger partial charge in [0.2, 0.25) is 0 Å². The molecule has 0 bridgehead atoms. The summed E-state index contributed by atoms with van der Waals surface area (Å²) in [5, 5.41) is 13.6. The first-order valence-corrected chi connectivity index (χ1v) is 7.99. The number of benzene rings is 2. The van der Waals surface area contributed by atoms with Crippen LogP contribution in [0.4, 0.5) is 10.5 Å². The summed E-state index contributed by atoms with van der Waals surface area (Å²) < 4.78 is 4.78. The highest BCUT2D eigenvalue weighted by Crippen LogP contribution is 2.09. The van der Waals surface area contributed by atoms with Gasteiger partial charge in [0.15, 0.2) is 6.61 Å². The van der Waals surface area contributed by atoms with E-state index in [0.717, 1.165) is 5.56 Å². The minimum atomic E-state index is -0.948. The van der Waals surface area contributed by atoms with Gasteiger partial charge in [-0.1, -0.05) is 48.0 Å². The van der Waals surface area contributed by atoms with Crippen molar-refractivity contribution in [1.29, 1.82) is 5.26 Å². The predicted octanol–water partition coefficient (Wildman–Crippen LogP) is 2.79. The number of hydrogen-bond donors (Lipinski definition) is 2. The molecule has 27 heavy (non-hydrogen) atoms. The Morgan fingerprint density at radius 3 is 2.37 bits per heavy atom. The third-order valence-corrected chi connectivity index (χ3v) is 3.35. The molecule has 0 heterocycles. The Morgan fingerprint density at radius 2 is 1.74 bits per heavy atom. The molecule has 0 aromatic heterocycles. The summed E-state index contributed by atoms with van der Waals surface area (Å²) in [5.74, 6) is -1.76. The second-order valence-electron chi connectivity index (χ2n) is 5.52. The number of carbonyl (C=O) groups is 3. The molecule has 0 fully saturated rings. The van der Waals surface area contributed by atoms with Gasteiger partial charge < -0.3 is 10.1 Å². The summed E-state index contributed by atoms with van der Waals surface area (Å²) in [7, 11) is 0. The van der Waals surface area contributed by atoms with Crippen molar-refractivity contribution in [2.24, 2.45) is 0 Å². The van der Waals surface area contributed by atoms with E-state index in [1.807, 2.05) is 24.4 Å². The number of rotatable bonds is 5. The number of carbonyl (C=O) groups excluding carboxylic acids is 3. The van der Waals surface area contributed by atoms with Gasteiger partial charge in [-0.3, -0.25) is 10.1 Å². The molecule has 2 aromatic carbocycles. The quantitative estimate of drug-likeness (QED) is 0.482. The van der Waals surface area contributed by atoms with Crippen LogP contribution in [0.15, 0.2) is 60.2 Å². The molecule has 2 rings (SSSR count). The number of urea groups is 1. The van der Waals surface area contributed by atoms with Crippen LogP contribution >= 0.6 is 0 Å². The number of imide groups is 1. The fraction of sp³-hybridized carbons (Fsp3) is 0.100. The summed E-state index contributed by atoms with van der Waals surface area (Å²) in [6.45, 7) is 1.23. The molecule has 0 saturated carbocycles. The number of para-hydroxylation sites is 1. The number of aryl methyl sites for hydroxylation is 1. The first-order valence-electron chi connectivity index (χ1n) is 7.99. The van der Waals surface area contributed by atoms with Crippen LogP contribution in [0.2, 0.25) is 0 Å². The van der Waals surface area contributed by atoms with Crippen molar-refractivity contribution in [2.75, 3.05) is 11.9 Å².